The minimum Gasteiger partial charge on any atom is -0.508 e. The van der Waals surface area contributed by atoms with Crippen LogP contribution in [0.1, 0.15) is 25.3 Å². The number of hydrogen-bond donors (Lipinski definition) is 8. The largest absolute Gasteiger partial charge is 0.508 e. The summed E-state index contributed by atoms with van der Waals surface area (Å²) in [5.41, 5.74) is 6.28. The fraction of sp³-hybridized carbons (Fsp3) is 0.500. The number of thioether (sulfide) groups is 1. The molecule has 14 heteroatoms. The van der Waals surface area contributed by atoms with Crippen LogP contribution in [0, 0.1) is 0 Å². The predicted molar refractivity (Wildman–Crippen MR) is 130 cm³/mol. The quantitative estimate of drug-likeness (QED) is 0.129. The zero-order valence-corrected chi connectivity index (χ0v) is 20.7. The minimum absolute atomic E-state index is 0.0501. The van der Waals surface area contributed by atoms with Crippen LogP contribution in [0.2, 0.25) is 0 Å². The van der Waals surface area contributed by atoms with Gasteiger partial charge in [-0.1, -0.05) is 12.1 Å². The van der Waals surface area contributed by atoms with Gasteiger partial charge in [0, 0.05) is 6.42 Å². The molecule has 0 aromatic heterocycles. The normalized spacial score (nSPS) is 15.0. The molecule has 1 aromatic carbocycles. The topological polar surface area (TPSA) is 228 Å². The van der Waals surface area contributed by atoms with E-state index in [9.17, 15) is 39.3 Å². The van der Waals surface area contributed by atoms with Crippen molar-refractivity contribution in [3.8, 4) is 5.75 Å². The molecule has 0 bridgehead atoms. The number of phenolic OH excluding ortho intramolecular Hbond substituents is 1. The molecule has 200 valence electrons. The Kier molecular flexibility index (Phi) is 12.7. The summed E-state index contributed by atoms with van der Waals surface area (Å²) in [5, 5.41) is 44.5. The number of nitrogens with one attached hydrogen (secondary N) is 3. The molecule has 0 saturated heterocycles. The van der Waals surface area contributed by atoms with Gasteiger partial charge in [-0.25, -0.2) is 4.79 Å². The van der Waals surface area contributed by atoms with Gasteiger partial charge in [0.05, 0.1) is 18.6 Å². The maximum absolute atomic E-state index is 13.0. The summed E-state index contributed by atoms with van der Waals surface area (Å²) in [6.45, 7) is 1.25. The highest BCUT2D eigenvalue weighted by Crippen LogP contribution is 2.12. The van der Waals surface area contributed by atoms with Crippen LogP contribution >= 0.6 is 11.8 Å². The molecular weight excluding hydrogens is 496 g/mol. The van der Waals surface area contributed by atoms with E-state index in [-0.39, 0.29) is 12.2 Å². The second-order valence-electron chi connectivity index (χ2n) is 8.04. The number of benzene rings is 1. The van der Waals surface area contributed by atoms with E-state index in [1.807, 2.05) is 6.26 Å². The molecule has 0 radical (unpaired) electrons. The maximum Gasteiger partial charge on any atom is 0.326 e. The van der Waals surface area contributed by atoms with Crippen LogP contribution in [-0.2, 0) is 30.4 Å². The van der Waals surface area contributed by atoms with Crippen LogP contribution in [0.25, 0.3) is 0 Å². The lowest BCUT2D eigenvalue weighted by Crippen LogP contribution is -2.60. The molecule has 0 fully saturated rings. The van der Waals surface area contributed by atoms with E-state index in [4.69, 9.17) is 10.8 Å². The Morgan fingerprint density at radius 2 is 1.53 bits per heavy atom. The molecule has 9 N–H and O–H groups in total. The first-order valence-corrected chi connectivity index (χ1v) is 12.3. The smallest absolute Gasteiger partial charge is 0.326 e. The first-order chi connectivity index (χ1) is 16.8. The Balaban J connectivity index is 3.11. The number of aliphatic carboxylic acids is 2. The summed E-state index contributed by atoms with van der Waals surface area (Å²) >= 11 is 1.48. The second-order valence-corrected chi connectivity index (χ2v) is 9.03. The molecular formula is C22H32N4O9S. The molecule has 0 heterocycles. The first-order valence-electron chi connectivity index (χ1n) is 10.9. The van der Waals surface area contributed by atoms with Crippen molar-refractivity contribution in [3.05, 3.63) is 29.8 Å². The van der Waals surface area contributed by atoms with E-state index in [2.05, 4.69) is 16.0 Å². The number of nitrogens with two attached hydrogens (primary N) is 1. The molecule has 5 unspecified atom stereocenters. The van der Waals surface area contributed by atoms with Crippen LogP contribution in [0.5, 0.6) is 5.75 Å². The van der Waals surface area contributed by atoms with Crippen molar-refractivity contribution in [2.75, 3.05) is 12.0 Å². The van der Waals surface area contributed by atoms with Crippen LogP contribution in [0.4, 0.5) is 0 Å². The van der Waals surface area contributed by atoms with Crippen LogP contribution < -0.4 is 21.7 Å². The lowest BCUT2D eigenvalue weighted by Gasteiger charge is -2.26. The molecule has 3 amide bonds. The number of aromatic hydroxyl groups is 1. The van der Waals surface area contributed by atoms with Crippen molar-refractivity contribution >= 4 is 41.4 Å². The molecule has 0 aliphatic rings. The third-order valence-corrected chi connectivity index (χ3v) is 5.68. The van der Waals surface area contributed by atoms with Gasteiger partial charge in [0.25, 0.3) is 0 Å². The number of hydrogen-bond acceptors (Lipinski definition) is 9. The van der Waals surface area contributed by atoms with E-state index in [0.717, 1.165) is 0 Å². The van der Waals surface area contributed by atoms with E-state index in [1.165, 1.54) is 43.0 Å². The number of phenols is 1. The summed E-state index contributed by atoms with van der Waals surface area (Å²) in [5.74, 6) is -5.14. The highest BCUT2D eigenvalue weighted by atomic mass is 32.2. The number of amides is 3. The third kappa shape index (κ3) is 10.5. The Morgan fingerprint density at radius 1 is 0.944 bits per heavy atom. The number of carbonyl (C=O) groups excluding carboxylic acids is 3. The van der Waals surface area contributed by atoms with Gasteiger partial charge in [-0.3, -0.25) is 19.2 Å². The number of carboxylic acid groups (broad SMARTS) is 2. The van der Waals surface area contributed by atoms with Crippen LogP contribution in [0.15, 0.2) is 24.3 Å². The van der Waals surface area contributed by atoms with E-state index < -0.39 is 66.4 Å². The molecule has 5 atom stereocenters. The number of rotatable bonds is 15. The van der Waals surface area contributed by atoms with Crippen LogP contribution in [-0.4, -0.2) is 92.4 Å². The maximum atomic E-state index is 13.0. The van der Waals surface area contributed by atoms with Gasteiger partial charge in [0.2, 0.25) is 17.7 Å². The molecule has 0 aliphatic heterocycles. The minimum atomic E-state index is -1.77. The number of aliphatic hydroxyl groups is 1. The van der Waals surface area contributed by atoms with Crippen molar-refractivity contribution in [1.82, 2.24) is 16.0 Å². The summed E-state index contributed by atoms with van der Waals surface area (Å²) in [6.07, 6.45) is -0.293. The summed E-state index contributed by atoms with van der Waals surface area (Å²) < 4.78 is 0. The van der Waals surface area contributed by atoms with Crippen molar-refractivity contribution in [3.63, 3.8) is 0 Å². The Hall–Kier alpha value is -3.36. The van der Waals surface area contributed by atoms with Crippen molar-refractivity contribution in [2.24, 2.45) is 5.73 Å². The van der Waals surface area contributed by atoms with Crippen molar-refractivity contribution < 1.29 is 44.4 Å². The molecule has 0 aliphatic carbocycles. The average molecular weight is 529 g/mol. The first kappa shape index (κ1) is 30.7. The average Bonchev–Trinajstić information content (AvgIpc) is 2.80. The fourth-order valence-corrected chi connectivity index (χ4v) is 3.52. The van der Waals surface area contributed by atoms with E-state index >= 15 is 0 Å². The predicted octanol–water partition coefficient (Wildman–Crippen LogP) is -1.59. The van der Waals surface area contributed by atoms with Gasteiger partial charge in [-0.2, -0.15) is 11.8 Å². The molecule has 0 saturated carbocycles. The highest BCUT2D eigenvalue weighted by Gasteiger charge is 2.33. The lowest BCUT2D eigenvalue weighted by molar-refractivity contribution is -0.147. The van der Waals surface area contributed by atoms with Gasteiger partial charge >= 0.3 is 11.9 Å². The van der Waals surface area contributed by atoms with Gasteiger partial charge in [-0.15, -0.1) is 0 Å². The van der Waals surface area contributed by atoms with Gasteiger partial charge in [0.1, 0.15) is 23.9 Å². The number of aliphatic hydroxyl groups excluding tert-OH is 1. The van der Waals surface area contributed by atoms with Crippen LogP contribution in [0.3, 0.4) is 0 Å². The molecule has 0 spiro atoms. The fourth-order valence-electron chi connectivity index (χ4n) is 3.03. The van der Waals surface area contributed by atoms with Gasteiger partial charge in [0.15, 0.2) is 0 Å². The third-order valence-electron chi connectivity index (χ3n) is 5.03. The second kappa shape index (κ2) is 14.9. The molecule has 13 nitrogen and oxygen atoms in total. The summed E-state index contributed by atoms with van der Waals surface area (Å²) in [6, 6.07) is 0.00403. The molecule has 1 aromatic rings. The Morgan fingerprint density at radius 3 is 2.03 bits per heavy atom. The molecule has 36 heavy (non-hydrogen) atoms. The van der Waals surface area contributed by atoms with Crippen molar-refractivity contribution in [1.29, 1.82) is 0 Å². The van der Waals surface area contributed by atoms with Crippen molar-refractivity contribution in [2.45, 2.75) is 56.5 Å². The Labute approximate surface area is 211 Å². The number of carbonyl (C=O) groups is 5. The Bertz CT molecular complexity index is 927. The van der Waals surface area contributed by atoms with E-state index in [0.29, 0.717) is 17.7 Å². The molecule has 1 rings (SSSR count). The van der Waals surface area contributed by atoms with Gasteiger partial charge < -0.3 is 42.1 Å². The highest BCUT2D eigenvalue weighted by molar-refractivity contribution is 7.98. The summed E-state index contributed by atoms with van der Waals surface area (Å²) in [7, 11) is 0. The monoisotopic (exact) mass is 528 g/mol. The van der Waals surface area contributed by atoms with Gasteiger partial charge in [-0.05, 0) is 43.0 Å². The number of carboxylic acids is 2. The summed E-state index contributed by atoms with van der Waals surface area (Å²) in [4.78, 5) is 60.6. The SMILES string of the molecule is CSCCC(N)C(=O)NC(C(=O)NC(Cc1ccc(O)cc1)C(=O)NC(CC(=O)O)C(=O)O)C(C)O. The zero-order chi connectivity index (χ0) is 27.4. The zero-order valence-electron chi connectivity index (χ0n) is 19.8. The van der Waals surface area contributed by atoms with E-state index in [1.54, 1.807) is 0 Å². The lowest BCUT2D eigenvalue weighted by atomic mass is 10.0. The standard InChI is InChI=1S/C22H32N4O9S/c1-11(27)18(26-19(31)14(23)7-8-36-2)21(33)24-15(9-12-3-5-13(28)6-4-12)20(32)25-16(22(34)35)10-17(29)30/h3-6,11,14-16,18,27-28H,7-10,23H2,1-2H3,(H,24,33)(H,25,32)(H,26,31)(H,29,30)(H,34,35).